The van der Waals surface area contributed by atoms with Crippen LogP contribution in [0.1, 0.15) is 52.0 Å². The number of rotatable bonds is 1. The number of ether oxygens (including phenoxy) is 2. The number of nitrogens with zero attached hydrogens (tertiary/aromatic N) is 3. The topological polar surface area (TPSA) is 102 Å². The van der Waals surface area contributed by atoms with Crippen LogP contribution in [0.5, 0.6) is 0 Å². The molecule has 4 rings (SSSR count). The number of carbonyl (C=O) groups is 2. The molecule has 3 heterocycles. The van der Waals surface area contributed by atoms with Crippen molar-refractivity contribution in [1.29, 1.82) is 0 Å². The van der Waals surface area contributed by atoms with Crippen LogP contribution in [0.3, 0.4) is 0 Å². The third-order valence-electron chi connectivity index (χ3n) is 5.20. The summed E-state index contributed by atoms with van der Waals surface area (Å²) in [5, 5.41) is 2.65. The Balaban J connectivity index is 1.62. The predicted octanol–water partition coefficient (Wildman–Crippen LogP) is 4.24. The third-order valence-corrected chi connectivity index (χ3v) is 8.11. The Hall–Kier alpha value is -2.66. The summed E-state index contributed by atoms with van der Waals surface area (Å²) >= 11 is 1.52. The SMILES string of the molecule is CN1C(NC(=O)OC(C)(C)C)=NC2(Cc3cc(-c4cccn4C(=O)OC(C)(C)C)sc32)CS1=O. The maximum absolute atomic E-state index is 12.9. The largest absolute Gasteiger partial charge is 0.444 e. The Morgan fingerprint density at radius 2 is 1.85 bits per heavy atom. The number of thiophene rings is 1. The summed E-state index contributed by atoms with van der Waals surface area (Å²) in [6.07, 6.45) is 1.20. The van der Waals surface area contributed by atoms with Gasteiger partial charge in [-0.2, -0.15) is 0 Å². The van der Waals surface area contributed by atoms with Gasteiger partial charge < -0.3 is 9.47 Å². The van der Waals surface area contributed by atoms with Crippen LogP contribution in [-0.2, 0) is 32.4 Å². The van der Waals surface area contributed by atoms with Crippen molar-refractivity contribution in [2.75, 3.05) is 12.8 Å². The summed E-state index contributed by atoms with van der Waals surface area (Å²) in [6.45, 7) is 10.8. The maximum Gasteiger partial charge on any atom is 0.419 e. The number of hydrogen-bond donors (Lipinski definition) is 1. The summed E-state index contributed by atoms with van der Waals surface area (Å²) in [6, 6.07) is 5.71. The van der Waals surface area contributed by atoms with E-state index < -0.39 is 39.9 Å². The van der Waals surface area contributed by atoms with E-state index in [1.54, 1.807) is 40.1 Å². The van der Waals surface area contributed by atoms with Gasteiger partial charge in [0.15, 0.2) is 0 Å². The number of alkyl carbamates (subject to hydrolysis) is 1. The number of nitrogens with one attached hydrogen (secondary N) is 1. The van der Waals surface area contributed by atoms with Crippen LogP contribution in [0.4, 0.5) is 9.59 Å². The second kappa shape index (κ2) is 8.23. The van der Waals surface area contributed by atoms with Crippen molar-refractivity contribution in [3.8, 4) is 10.6 Å². The normalized spacial score (nSPS) is 22.0. The molecule has 0 aromatic carbocycles. The van der Waals surface area contributed by atoms with Crippen LogP contribution >= 0.6 is 11.3 Å². The van der Waals surface area contributed by atoms with Crippen molar-refractivity contribution < 1.29 is 23.3 Å². The fourth-order valence-electron chi connectivity index (χ4n) is 3.83. The lowest BCUT2D eigenvalue weighted by atomic mass is 9.79. The van der Waals surface area contributed by atoms with Crippen molar-refractivity contribution in [3.05, 3.63) is 34.8 Å². The van der Waals surface area contributed by atoms with E-state index in [0.717, 1.165) is 21.0 Å². The van der Waals surface area contributed by atoms with Gasteiger partial charge in [-0.05, 0) is 65.3 Å². The molecule has 0 fully saturated rings. The molecule has 2 unspecified atom stereocenters. The first-order chi connectivity index (χ1) is 15.7. The highest BCUT2D eigenvalue weighted by molar-refractivity contribution is 7.83. The highest BCUT2D eigenvalue weighted by atomic mass is 32.2. The maximum atomic E-state index is 12.9. The Morgan fingerprint density at radius 1 is 1.18 bits per heavy atom. The second-order valence-corrected chi connectivity index (χ2v) is 13.0. The van der Waals surface area contributed by atoms with Crippen molar-refractivity contribution in [2.45, 2.75) is 64.7 Å². The average molecular weight is 507 g/mol. The zero-order chi connectivity index (χ0) is 25.1. The number of hydrogen-bond acceptors (Lipinski definition) is 7. The molecule has 9 nitrogen and oxygen atoms in total. The molecule has 2 aliphatic rings. The van der Waals surface area contributed by atoms with Gasteiger partial charge in [0.2, 0.25) is 5.96 Å². The lowest BCUT2D eigenvalue weighted by Crippen LogP contribution is -2.55. The van der Waals surface area contributed by atoms with E-state index in [0.29, 0.717) is 12.2 Å². The average Bonchev–Trinajstić information content (AvgIpc) is 3.27. The molecular formula is C23H30N4O5S2. The summed E-state index contributed by atoms with van der Waals surface area (Å²) in [5.41, 5.74) is -0.118. The minimum Gasteiger partial charge on any atom is -0.444 e. The smallest absolute Gasteiger partial charge is 0.419 e. The van der Waals surface area contributed by atoms with Crippen LogP contribution in [0.2, 0.25) is 0 Å². The quantitative estimate of drug-likeness (QED) is 0.623. The molecule has 1 aliphatic heterocycles. The summed E-state index contributed by atoms with van der Waals surface area (Å²) in [4.78, 5) is 31.7. The van der Waals surface area contributed by atoms with Crippen LogP contribution < -0.4 is 5.32 Å². The van der Waals surface area contributed by atoms with Gasteiger partial charge in [0.25, 0.3) is 0 Å². The minimum atomic E-state index is -1.37. The van der Waals surface area contributed by atoms with Gasteiger partial charge in [0.05, 0.1) is 16.3 Å². The first-order valence-electron chi connectivity index (χ1n) is 10.9. The van der Waals surface area contributed by atoms with Gasteiger partial charge in [-0.15, -0.1) is 11.3 Å². The first-order valence-corrected chi connectivity index (χ1v) is 13.0. The Bertz CT molecular complexity index is 1200. The monoisotopic (exact) mass is 506 g/mol. The minimum absolute atomic E-state index is 0.219. The van der Waals surface area contributed by atoms with Gasteiger partial charge in [0, 0.05) is 24.5 Å². The van der Waals surface area contributed by atoms with E-state index in [9.17, 15) is 13.8 Å². The van der Waals surface area contributed by atoms with E-state index in [-0.39, 0.29) is 5.96 Å². The predicted molar refractivity (Wildman–Crippen MR) is 132 cm³/mol. The number of carbonyl (C=O) groups excluding carboxylic acids is 2. The van der Waals surface area contributed by atoms with Gasteiger partial charge in [-0.25, -0.2) is 18.8 Å². The van der Waals surface area contributed by atoms with Crippen LogP contribution in [0.15, 0.2) is 29.4 Å². The third kappa shape index (κ3) is 4.76. The number of guanidine groups is 1. The molecular weight excluding hydrogens is 476 g/mol. The molecule has 11 heteroatoms. The zero-order valence-corrected chi connectivity index (χ0v) is 22.1. The molecule has 0 bridgehead atoms. The molecule has 1 spiro atoms. The lowest BCUT2D eigenvalue weighted by molar-refractivity contribution is 0.0534. The molecule has 0 radical (unpaired) electrons. The molecule has 0 saturated heterocycles. The number of aromatic nitrogens is 1. The molecule has 0 saturated carbocycles. The molecule has 2 aromatic rings. The number of amides is 1. The van der Waals surface area contributed by atoms with Crippen molar-refractivity contribution in [2.24, 2.45) is 4.99 Å². The van der Waals surface area contributed by atoms with E-state index >= 15 is 0 Å². The van der Waals surface area contributed by atoms with E-state index in [1.807, 2.05) is 32.9 Å². The Labute approximate surface area is 205 Å². The molecule has 2 aromatic heterocycles. The van der Waals surface area contributed by atoms with Crippen molar-refractivity contribution in [3.63, 3.8) is 0 Å². The summed E-state index contributed by atoms with van der Waals surface area (Å²) in [7, 11) is 0.260. The number of fused-ring (bicyclic) bond motifs is 2. The Kier molecular flexibility index (Phi) is 5.92. The zero-order valence-electron chi connectivity index (χ0n) is 20.4. The molecule has 184 valence electrons. The summed E-state index contributed by atoms with van der Waals surface area (Å²) < 4.78 is 26.7. The van der Waals surface area contributed by atoms with Crippen molar-refractivity contribution >= 4 is 40.5 Å². The lowest BCUT2D eigenvalue weighted by Gasteiger charge is -2.42. The molecule has 2 atom stereocenters. The van der Waals surface area contributed by atoms with E-state index in [2.05, 4.69) is 5.32 Å². The molecule has 1 aliphatic carbocycles. The van der Waals surface area contributed by atoms with Crippen molar-refractivity contribution in [1.82, 2.24) is 14.2 Å². The van der Waals surface area contributed by atoms with Gasteiger partial charge in [0.1, 0.15) is 27.7 Å². The second-order valence-electron chi connectivity index (χ2n) is 10.4. The van der Waals surface area contributed by atoms with E-state index in [4.69, 9.17) is 14.5 Å². The summed E-state index contributed by atoms with van der Waals surface area (Å²) in [5.74, 6) is 0.541. The molecule has 1 amide bonds. The standard InChI is InChI=1S/C23H30N4O5S2/c1-21(2,3)31-19(28)24-18-25-23(13-34(30)26(18)7)12-14-11-16(33-17(14)23)15-9-8-10-27(15)20(29)32-22(4,5)6/h8-11H,12-13H2,1-7H3,(H,24,25,28). The highest BCUT2D eigenvalue weighted by Gasteiger charge is 2.50. The van der Waals surface area contributed by atoms with Crippen LogP contribution in [0.25, 0.3) is 10.6 Å². The molecule has 1 N–H and O–H groups in total. The van der Waals surface area contributed by atoms with Crippen LogP contribution in [0, 0.1) is 0 Å². The Morgan fingerprint density at radius 3 is 2.50 bits per heavy atom. The fourth-order valence-corrected chi connectivity index (χ4v) is 6.45. The fraction of sp³-hybridized carbons (Fsp3) is 0.522. The molecule has 34 heavy (non-hydrogen) atoms. The highest BCUT2D eigenvalue weighted by Crippen LogP contribution is 2.51. The number of aliphatic imine (C=N–C) groups is 1. The van der Waals surface area contributed by atoms with E-state index in [1.165, 1.54) is 20.2 Å². The van der Waals surface area contributed by atoms with Gasteiger partial charge in [-0.1, -0.05) is 0 Å². The van der Waals surface area contributed by atoms with Gasteiger partial charge in [-0.3, -0.25) is 14.2 Å². The van der Waals surface area contributed by atoms with Crippen LogP contribution in [-0.4, -0.2) is 55.2 Å². The first kappa shape index (κ1) is 24.5. The van der Waals surface area contributed by atoms with Gasteiger partial charge >= 0.3 is 12.2 Å².